The van der Waals surface area contributed by atoms with Crippen molar-refractivity contribution in [2.45, 2.75) is 0 Å². The van der Waals surface area contributed by atoms with Gasteiger partial charge < -0.3 is 8.83 Å². The van der Waals surface area contributed by atoms with Gasteiger partial charge in [0.1, 0.15) is 16.9 Å². The van der Waals surface area contributed by atoms with Gasteiger partial charge in [0, 0.05) is 54.7 Å². The van der Waals surface area contributed by atoms with Gasteiger partial charge in [-0.05, 0) is 96.2 Å². The molecular weight excluding hydrogens is 975 g/mol. The van der Waals surface area contributed by atoms with E-state index < -0.39 is 0 Å². The lowest BCUT2D eigenvalue weighted by molar-refractivity contribution is 0.623. The minimum absolute atomic E-state index is 0.560. The Morgan fingerprint density at radius 2 is 0.650 bits per heavy atom. The number of aromatic nitrogens is 3. The monoisotopic (exact) mass is 1020 g/mol. The summed E-state index contributed by atoms with van der Waals surface area (Å²) in [6, 6.07) is 96.4. The third-order valence-corrected chi connectivity index (χ3v) is 15.9. The van der Waals surface area contributed by atoms with Crippen molar-refractivity contribution in [2.24, 2.45) is 0 Å². The van der Waals surface area contributed by atoms with Gasteiger partial charge in [0.15, 0.2) is 11.4 Å². The first kappa shape index (κ1) is 45.4. The van der Waals surface area contributed by atoms with E-state index in [9.17, 15) is 0 Å². The van der Waals surface area contributed by atoms with Gasteiger partial charge in [0.05, 0.1) is 11.2 Å². The average molecular weight is 1020 g/mol. The van der Waals surface area contributed by atoms with Crippen LogP contribution in [-0.2, 0) is 0 Å². The zero-order valence-corrected chi connectivity index (χ0v) is 43.1. The number of furan rings is 1. The van der Waals surface area contributed by atoms with Crippen molar-refractivity contribution in [3.8, 4) is 89.9 Å². The van der Waals surface area contributed by atoms with E-state index in [0.29, 0.717) is 11.7 Å². The normalized spacial score (nSPS) is 11.8. The molecule has 5 nitrogen and oxygen atoms in total. The summed E-state index contributed by atoms with van der Waals surface area (Å²) in [5.74, 6) is 1.98. The van der Waals surface area contributed by atoms with Crippen LogP contribution >= 0.6 is 0 Å². The van der Waals surface area contributed by atoms with Crippen molar-refractivity contribution >= 4 is 76.1 Å². The Kier molecular flexibility index (Phi) is 10.5. The van der Waals surface area contributed by atoms with Gasteiger partial charge >= 0.3 is 0 Å². The van der Waals surface area contributed by atoms with Crippen LogP contribution in [0.3, 0.4) is 0 Å². The third-order valence-electron chi connectivity index (χ3n) is 15.9. The molecule has 0 unspecified atom stereocenters. The van der Waals surface area contributed by atoms with Crippen LogP contribution in [0.1, 0.15) is 0 Å². The number of oxazole rings is 1. The Labute approximate surface area is 460 Å². The van der Waals surface area contributed by atoms with Crippen LogP contribution < -0.4 is 0 Å². The Morgan fingerprint density at radius 1 is 0.225 bits per heavy atom. The predicted octanol–water partition coefficient (Wildman–Crippen LogP) is 20.5. The second-order valence-electron chi connectivity index (χ2n) is 20.6. The number of hydrogen-bond acceptors (Lipinski definition) is 5. The number of benzene rings is 13. The summed E-state index contributed by atoms with van der Waals surface area (Å²) >= 11 is 0. The summed E-state index contributed by atoms with van der Waals surface area (Å²) < 4.78 is 13.5. The van der Waals surface area contributed by atoms with Crippen molar-refractivity contribution in [1.29, 1.82) is 0 Å². The van der Waals surface area contributed by atoms with E-state index in [2.05, 4.69) is 273 Å². The van der Waals surface area contributed by atoms with Crippen LogP contribution in [-0.4, -0.2) is 15.0 Å². The summed E-state index contributed by atoms with van der Waals surface area (Å²) in [7, 11) is 0. The van der Waals surface area contributed by atoms with Crippen molar-refractivity contribution in [1.82, 2.24) is 15.0 Å². The number of rotatable bonds is 8. The molecule has 13 aromatic carbocycles. The van der Waals surface area contributed by atoms with E-state index in [1.807, 2.05) is 0 Å². The maximum absolute atomic E-state index is 6.83. The third kappa shape index (κ3) is 7.59. The van der Waals surface area contributed by atoms with Crippen molar-refractivity contribution in [2.75, 3.05) is 0 Å². The van der Waals surface area contributed by atoms with Gasteiger partial charge in [-0.15, -0.1) is 0 Å². The molecule has 0 aliphatic rings. The first-order valence-corrected chi connectivity index (χ1v) is 27.1. The van der Waals surface area contributed by atoms with Crippen LogP contribution in [0.2, 0.25) is 0 Å². The molecule has 16 rings (SSSR count). The molecule has 0 amide bonds. The standard InChI is InChI=1S/C75H45N3O2/c1-3-15-46(16-4-1)48-27-29-50(30-28-48)56-43-65(51-33-31-49(32-34-51)47-17-5-2-6-18-47)70-67(44-56)69(53-37-35-52(36-38-53)68-45-66-61-23-8-7-19-57(61)59-21-10-13-25-63(59)72(66)79-68)76-74(77-70)54-39-41-55(42-40-54)75-78-71-62-24-12-9-20-58(62)60-22-11-14-26-64(60)73(71)80-75/h1-45H. The Balaban J connectivity index is 0.871. The fourth-order valence-electron chi connectivity index (χ4n) is 11.9. The highest BCUT2D eigenvalue weighted by Crippen LogP contribution is 2.43. The molecular formula is C75H45N3O2. The largest absolute Gasteiger partial charge is 0.455 e. The lowest BCUT2D eigenvalue weighted by Gasteiger charge is -2.16. The summed E-state index contributed by atoms with van der Waals surface area (Å²) in [5, 5.41) is 11.1. The highest BCUT2D eigenvalue weighted by Gasteiger charge is 2.21. The fraction of sp³-hybridized carbons (Fsp3) is 0. The SMILES string of the molecule is c1ccc(-c2ccc(-c3cc(-c4ccc(-c5ccccc5)cc4)c4nc(-c5ccc(-c6nc7c8ccccc8c8ccccc8c7o6)cc5)nc(-c5ccc(-c6cc7c8ccccc8c8ccccc8c7o6)cc5)c4c3)cc2)cc1. The van der Waals surface area contributed by atoms with Gasteiger partial charge in [-0.25, -0.2) is 15.0 Å². The topological polar surface area (TPSA) is 65.0 Å². The highest BCUT2D eigenvalue weighted by atomic mass is 16.3. The van der Waals surface area contributed by atoms with Crippen LogP contribution in [0.4, 0.5) is 0 Å². The lowest BCUT2D eigenvalue weighted by Crippen LogP contribution is -1.98. The maximum Gasteiger partial charge on any atom is 0.227 e. The maximum atomic E-state index is 6.83. The average Bonchev–Trinajstić information content (AvgIpc) is 4.22. The van der Waals surface area contributed by atoms with Crippen LogP contribution in [0.15, 0.2) is 282 Å². The molecule has 3 aromatic heterocycles. The van der Waals surface area contributed by atoms with Crippen LogP contribution in [0, 0.1) is 0 Å². The first-order valence-electron chi connectivity index (χ1n) is 27.1. The van der Waals surface area contributed by atoms with Crippen LogP contribution in [0.5, 0.6) is 0 Å². The molecule has 3 heterocycles. The second-order valence-corrected chi connectivity index (χ2v) is 20.6. The quantitative estimate of drug-likeness (QED) is 0.142. The van der Waals surface area contributed by atoms with Crippen molar-refractivity contribution in [3.63, 3.8) is 0 Å². The molecule has 0 bridgehead atoms. The van der Waals surface area contributed by atoms with Crippen molar-refractivity contribution in [3.05, 3.63) is 273 Å². The minimum atomic E-state index is 0.560. The molecule has 372 valence electrons. The Bertz CT molecular complexity index is 4920. The van der Waals surface area contributed by atoms with E-state index >= 15 is 0 Å². The molecule has 0 radical (unpaired) electrons. The molecule has 0 spiro atoms. The summed E-state index contributed by atoms with van der Waals surface area (Å²) in [5.41, 5.74) is 16.8. The molecule has 16 aromatic rings. The molecule has 0 saturated heterocycles. The van der Waals surface area contributed by atoms with Crippen molar-refractivity contribution < 1.29 is 8.83 Å². The van der Waals surface area contributed by atoms with Gasteiger partial charge in [0.25, 0.3) is 0 Å². The van der Waals surface area contributed by atoms with Gasteiger partial charge in [0.2, 0.25) is 5.89 Å². The van der Waals surface area contributed by atoms with Gasteiger partial charge in [-0.2, -0.15) is 0 Å². The molecule has 0 aliphatic carbocycles. The van der Waals surface area contributed by atoms with Gasteiger partial charge in [-0.1, -0.05) is 243 Å². The summed E-state index contributed by atoms with van der Waals surface area (Å²) in [6.45, 7) is 0. The predicted molar refractivity (Wildman–Crippen MR) is 330 cm³/mol. The minimum Gasteiger partial charge on any atom is -0.455 e. The molecule has 0 aliphatic heterocycles. The smallest absolute Gasteiger partial charge is 0.227 e. The summed E-state index contributed by atoms with van der Waals surface area (Å²) in [4.78, 5) is 16.3. The second kappa shape index (κ2) is 18.5. The zero-order valence-electron chi connectivity index (χ0n) is 43.1. The van der Waals surface area contributed by atoms with E-state index in [1.54, 1.807) is 0 Å². The van der Waals surface area contributed by atoms with Gasteiger partial charge in [-0.3, -0.25) is 0 Å². The van der Waals surface area contributed by atoms with Crippen LogP contribution in [0.25, 0.3) is 166 Å². The molecule has 80 heavy (non-hydrogen) atoms. The fourth-order valence-corrected chi connectivity index (χ4v) is 11.9. The summed E-state index contributed by atoms with van der Waals surface area (Å²) in [6.07, 6.45) is 0. The van der Waals surface area contributed by atoms with E-state index in [1.165, 1.54) is 27.3 Å². The molecule has 5 heteroatoms. The number of nitrogens with zero attached hydrogens (tertiary/aromatic N) is 3. The zero-order chi connectivity index (χ0) is 52.7. The molecule has 0 atom stereocenters. The molecule has 0 saturated carbocycles. The van der Waals surface area contributed by atoms with E-state index in [-0.39, 0.29) is 0 Å². The Hall–Kier alpha value is -10.8. The Morgan fingerprint density at radius 3 is 1.25 bits per heavy atom. The van der Waals surface area contributed by atoms with E-state index in [0.717, 1.165) is 127 Å². The first-order chi connectivity index (χ1) is 39.6. The molecule has 0 fully saturated rings. The number of hydrogen-bond donors (Lipinski definition) is 0. The highest BCUT2D eigenvalue weighted by molar-refractivity contribution is 6.25. The molecule has 0 N–H and O–H groups in total. The lowest BCUT2D eigenvalue weighted by atomic mass is 9.92. The number of fused-ring (bicyclic) bond motifs is 13. The van der Waals surface area contributed by atoms with E-state index in [4.69, 9.17) is 23.8 Å².